The van der Waals surface area contributed by atoms with E-state index in [0.717, 1.165) is 33.4 Å². The summed E-state index contributed by atoms with van der Waals surface area (Å²) in [5, 5.41) is 8.02. The van der Waals surface area contributed by atoms with Crippen LogP contribution in [0, 0.1) is 27.7 Å². The van der Waals surface area contributed by atoms with Gasteiger partial charge in [0.05, 0.1) is 12.4 Å². The number of aryl methyl sites for hydroxylation is 4. The number of carbonyl (C=O) groups excluding carboxylic acids is 2. The number of hydrazone groups is 2. The number of carbonyl (C=O) groups is 2. The zero-order valence-corrected chi connectivity index (χ0v) is 25.0. The van der Waals surface area contributed by atoms with Gasteiger partial charge in [-0.05, 0) is 110 Å². The molecule has 0 saturated heterocycles. The number of nitrogens with zero attached hydrogens (tertiary/aromatic N) is 2. The van der Waals surface area contributed by atoms with Gasteiger partial charge in [-0.1, -0.05) is 48.6 Å². The number of ether oxygens (including phenoxy) is 2. The summed E-state index contributed by atoms with van der Waals surface area (Å²) in [5.41, 5.74) is 13.2. The molecule has 8 heteroatoms. The highest BCUT2D eigenvalue weighted by molar-refractivity contribution is 5.87. The summed E-state index contributed by atoms with van der Waals surface area (Å²) < 4.78 is 11.0. The van der Waals surface area contributed by atoms with Gasteiger partial charge in [0, 0.05) is 0 Å². The van der Waals surface area contributed by atoms with E-state index in [1.807, 2.05) is 114 Å². The molecule has 0 aromatic heterocycles. The van der Waals surface area contributed by atoms with E-state index in [2.05, 4.69) is 21.1 Å². The fourth-order valence-electron chi connectivity index (χ4n) is 3.67. The Labute approximate surface area is 247 Å². The second kappa shape index (κ2) is 15.7. The SMILES string of the molecule is CC(C=NNC(=O)COc1ccc(C)c(C)c1)=Cc1ccc(C=C(C)C=NNC(=O)COc2ccc(C)c(C)c2)cc1. The van der Waals surface area contributed by atoms with Crippen molar-refractivity contribution in [2.75, 3.05) is 13.2 Å². The molecule has 0 saturated carbocycles. The zero-order chi connectivity index (χ0) is 30.5. The smallest absolute Gasteiger partial charge is 0.277 e. The standard InChI is InChI=1S/C34H38N4O4/c1-23(19-35-37-33(39)21-41-31-13-7-25(3)27(5)17-31)15-29-9-11-30(12-10-29)16-24(2)20-36-38-34(40)22-42-32-14-8-26(4)28(6)18-32/h7-20H,21-22H2,1-6H3,(H,37,39)(H,38,40). The molecule has 2 amide bonds. The van der Waals surface area contributed by atoms with E-state index in [1.54, 1.807) is 12.4 Å². The van der Waals surface area contributed by atoms with Crippen molar-refractivity contribution in [1.82, 2.24) is 10.9 Å². The maximum atomic E-state index is 12.0. The van der Waals surface area contributed by atoms with Crippen LogP contribution >= 0.6 is 0 Å². The van der Waals surface area contributed by atoms with Gasteiger partial charge in [-0.2, -0.15) is 10.2 Å². The number of hydrogen-bond acceptors (Lipinski definition) is 6. The Kier molecular flexibility index (Phi) is 11.8. The predicted molar refractivity (Wildman–Crippen MR) is 170 cm³/mol. The first-order chi connectivity index (χ1) is 20.1. The normalized spacial score (nSPS) is 12.0. The molecule has 0 heterocycles. The summed E-state index contributed by atoms with van der Waals surface area (Å²) in [5.74, 6) is 0.626. The van der Waals surface area contributed by atoms with E-state index in [4.69, 9.17) is 9.47 Å². The molecule has 3 rings (SSSR count). The molecule has 3 aromatic rings. The van der Waals surface area contributed by atoms with Crippen molar-refractivity contribution < 1.29 is 19.1 Å². The van der Waals surface area contributed by atoms with E-state index in [-0.39, 0.29) is 25.0 Å². The summed E-state index contributed by atoms with van der Waals surface area (Å²) in [7, 11) is 0. The van der Waals surface area contributed by atoms with Crippen LogP contribution in [0.2, 0.25) is 0 Å². The van der Waals surface area contributed by atoms with Crippen molar-refractivity contribution in [3.63, 3.8) is 0 Å². The molecule has 0 aliphatic rings. The minimum Gasteiger partial charge on any atom is -0.484 e. The minimum atomic E-state index is -0.336. The van der Waals surface area contributed by atoms with Gasteiger partial charge in [0.25, 0.3) is 11.8 Å². The second-order valence-electron chi connectivity index (χ2n) is 10.1. The molecular formula is C34H38N4O4. The molecule has 0 radical (unpaired) electrons. The average Bonchev–Trinajstić information content (AvgIpc) is 2.95. The van der Waals surface area contributed by atoms with Crippen LogP contribution in [0.1, 0.15) is 47.2 Å². The van der Waals surface area contributed by atoms with Crippen LogP contribution in [0.3, 0.4) is 0 Å². The first kappa shape index (κ1) is 31.5. The van der Waals surface area contributed by atoms with Crippen molar-refractivity contribution in [2.24, 2.45) is 10.2 Å². The van der Waals surface area contributed by atoms with Crippen LogP contribution in [-0.2, 0) is 9.59 Å². The number of hydrogen-bond donors (Lipinski definition) is 2. The van der Waals surface area contributed by atoms with Crippen molar-refractivity contribution in [3.05, 3.63) is 105 Å². The van der Waals surface area contributed by atoms with Gasteiger partial charge in [-0.3, -0.25) is 9.59 Å². The van der Waals surface area contributed by atoms with E-state index >= 15 is 0 Å². The summed E-state index contributed by atoms with van der Waals surface area (Å²) in [6.45, 7) is 11.6. The third kappa shape index (κ3) is 10.9. The van der Waals surface area contributed by atoms with Crippen LogP contribution in [0.15, 0.2) is 82.0 Å². The molecule has 0 bridgehead atoms. The molecule has 0 fully saturated rings. The van der Waals surface area contributed by atoms with Crippen LogP contribution in [0.5, 0.6) is 11.5 Å². The molecule has 3 aromatic carbocycles. The van der Waals surface area contributed by atoms with E-state index in [1.165, 1.54) is 11.1 Å². The minimum absolute atomic E-state index is 0.115. The number of amides is 2. The maximum absolute atomic E-state index is 12.0. The van der Waals surface area contributed by atoms with Crippen molar-refractivity contribution in [2.45, 2.75) is 41.5 Å². The summed E-state index contributed by atoms with van der Waals surface area (Å²) in [6, 6.07) is 19.3. The van der Waals surface area contributed by atoms with Gasteiger partial charge in [-0.15, -0.1) is 0 Å². The Morgan fingerprint density at radius 1 is 0.619 bits per heavy atom. The van der Waals surface area contributed by atoms with Crippen LogP contribution in [0.4, 0.5) is 0 Å². The highest BCUT2D eigenvalue weighted by Gasteiger charge is 2.04. The second-order valence-corrected chi connectivity index (χ2v) is 10.1. The van der Waals surface area contributed by atoms with E-state index < -0.39 is 0 Å². The maximum Gasteiger partial charge on any atom is 0.277 e. The molecule has 0 unspecified atom stereocenters. The van der Waals surface area contributed by atoms with Gasteiger partial charge >= 0.3 is 0 Å². The first-order valence-corrected chi connectivity index (χ1v) is 13.6. The quantitative estimate of drug-likeness (QED) is 0.205. The van der Waals surface area contributed by atoms with E-state index in [9.17, 15) is 9.59 Å². The lowest BCUT2D eigenvalue weighted by atomic mass is 10.1. The Hall–Kier alpha value is -4.98. The number of allylic oxidation sites excluding steroid dienone is 2. The lowest BCUT2D eigenvalue weighted by Crippen LogP contribution is -2.24. The van der Waals surface area contributed by atoms with Gasteiger partial charge in [0.2, 0.25) is 0 Å². The topological polar surface area (TPSA) is 101 Å². The zero-order valence-electron chi connectivity index (χ0n) is 25.0. The molecule has 0 aliphatic carbocycles. The molecule has 0 atom stereocenters. The third-order valence-electron chi connectivity index (χ3n) is 6.34. The Bertz CT molecular complexity index is 1400. The van der Waals surface area contributed by atoms with E-state index in [0.29, 0.717) is 11.5 Å². The summed E-state index contributed by atoms with van der Waals surface area (Å²) in [4.78, 5) is 24.0. The Morgan fingerprint density at radius 3 is 1.36 bits per heavy atom. The Balaban J connectivity index is 1.41. The highest BCUT2D eigenvalue weighted by Crippen LogP contribution is 2.17. The molecular weight excluding hydrogens is 528 g/mol. The monoisotopic (exact) mass is 566 g/mol. The fraction of sp³-hybridized carbons (Fsp3) is 0.235. The van der Waals surface area contributed by atoms with Crippen LogP contribution in [-0.4, -0.2) is 37.5 Å². The number of rotatable bonds is 12. The average molecular weight is 567 g/mol. The molecule has 0 aliphatic heterocycles. The molecule has 8 nitrogen and oxygen atoms in total. The third-order valence-corrected chi connectivity index (χ3v) is 6.34. The fourth-order valence-corrected chi connectivity index (χ4v) is 3.67. The first-order valence-electron chi connectivity index (χ1n) is 13.6. The lowest BCUT2D eigenvalue weighted by molar-refractivity contribution is -0.123. The Morgan fingerprint density at radius 2 is 1.00 bits per heavy atom. The van der Waals surface area contributed by atoms with Crippen LogP contribution in [0.25, 0.3) is 12.2 Å². The highest BCUT2D eigenvalue weighted by atomic mass is 16.5. The van der Waals surface area contributed by atoms with Gasteiger partial charge in [0.1, 0.15) is 11.5 Å². The van der Waals surface area contributed by atoms with Gasteiger partial charge in [-0.25, -0.2) is 10.9 Å². The summed E-state index contributed by atoms with van der Waals surface area (Å²) in [6.07, 6.45) is 7.09. The number of benzene rings is 3. The molecule has 218 valence electrons. The molecule has 2 N–H and O–H groups in total. The van der Waals surface area contributed by atoms with Crippen molar-refractivity contribution in [3.8, 4) is 11.5 Å². The van der Waals surface area contributed by atoms with Crippen molar-refractivity contribution in [1.29, 1.82) is 0 Å². The molecule has 0 spiro atoms. The largest absolute Gasteiger partial charge is 0.484 e. The van der Waals surface area contributed by atoms with Crippen LogP contribution < -0.4 is 20.3 Å². The lowest BCUT2D eigenvalue weighted by Gasteiger charge is -2.07. The van der Waals surface area contributed by atoms with Gasteiger partial charge < -0.3 is 9.47 Å². The number of nitrogens with one attached hydrogen (secondary N) is 2. The molecule has 42 heavy (non-hydrogen) atoms. The van der Waals surface area contributed by atoms with Crippen molar-refractivity contribution >= 4 is 36.4 Å². The summed E-state index contributed by atoms with van der Waals surface area (Å²) >= 11 is 0. The predicted octanol–water partition coefficient (Wildman–Crippen LogP) is 6.09. The van der Waals surface area contributed by atoms with Gasteiger partial charge in [0.15, 0.2) is 13.2 Å².